The predicted octanol–water partition coefficient (Wildman–Crippen LogP) is 1.09. The SMILES string of the molecule is CCc1cnc(N2CCOC[C@]3(CC[C@@H](Cn4cncn4)O3)C2)nc1. The van der Waals surface area contributed by atoms with E-state index in [4.69, 9.17) is 9.47 Å². The lowest BCUT2D eigenvalue weighted by molar-refractivity contribution is -0.0807. The predicted molar refractivity (Wildman–Crippen MR) is 91.3 cm³/mol. The Morgan fingerprint density at radius 1 is 1.32 bits per heavy atom. The molecule has 0 amide bonds. The second kappa shape index (κ2) is 7.05. The zero-order valence-electron chi connectivity index (χ0n) is 14.5. The second-order valence-corrected chi connectivity index (χ2v) is 6.80. The Hall–Kier alpha value is -2.06. The van der Waals surface area contributed by atoms with Crippen molar-refractivity contribution >= 4 is 5.95 Å². The van der Waals surface area contributed by atoms with E-state index in [0.29, 0.717) is 13.2 Å². The number of hydrogen-bond donors (Lipinski definition) is 0. The van der Waals surface area contributed by atoms with E-state index in [1.807, 2.05) is 17.1 Å². The van der Waals surface area contributed by atoms with Gasteiger partial charge in [0.25, 0.3) is 0 Å². The highest BCUT2D eigenvalue weighted by Crippen LogP contribution is 2.34. The van der Waals surface area contributed by atoms with Crippen molar-refractivity contribution in [2.24, 2.45) is 0 Å². The molecular weight excluding hydrogens is 320 g/mol. The molecule has 0 saturated carbocycles. The minimum Gasteiger partial charge on any atom is -0.377 e. The highest BCUT2D eigenvalue weighted by atomic mass is 16.6. The molecule has 0 N–H and O–H groups in total. The summed E-state index contributed by atoms with van der Waals surface area (Å²) in [5.74, 6) is 0.755. The summed E-state index contributed by atoms with van der Waals surface area (Å²) < 4.78 is 14.1. The first kappa shape index (κ1) is 16.4. The molecule has 1 spiro atoms. The molecule has 8 nitrogen and oxygen atoms in total. The molecule has 0 bridgehead atoms. The monoisotopic (exact) mass is 344 g/mol. The van der Waals surface area contributed by atoms with Crippen LogP contribution in [0.5, 0.6) is 0 Å². The minimum absolute atomic E-state index is 0.133. The molecule has 4 rings (SSSR count). The van der Waals surface area contributed by atoms with Crippen LogP contribution in [0.2, 0.25) is 0 Å². The Kier molecular flexibility index (Phi) is 4.63. The fourth-order valence-electron chi connectivity index (χ4n) is 3.55. The first-order valence-corrected chi connectivity index (χ1v) is 8.90. The largest absolute Gasteiger partial charge is 0.377 e. The van der Waals surface area contributed by atoms with Gasteiger partial charge in [-0.25, -0.2) is 15.0 Å². The zero-order chi connectivity index (χ0) is 17.1. The van der Waals surface area contributed by atoms with Crippen molar-refractivity contribution in [3.05, 3.63) is 30.6 Å². The van der Waals surface area contributed by atoms with Gasteiger partial charge in [0.2, 0.25) is 5.95 Å². The van der Waals surface area contributed by atoms with Crippen LogP contribution in [0.4, 0.5) is 5.95 Å². The van der Waals surface area contributed by atoms with Crippen molar-refractivity contribution < 1.29 is 9.47 Å². The summed E-state index contributed by atoms with van der Waals surface area (Å²) in [6.45, 7) is 5.65. The van der Waals surface area contributed by atoms with Gasteiger partial charge in [-0.15, -0.1) is 0 Å². The van der Waals surface area contributed by atoms with Crippen LogP contribution in [0.15, 0.2) is 25.0 Å². The molecule has 0 aliphatic carbocycles. The molecule has 4 heterocycles. The van der Waals surface area contributed by atoms with Crippen LogP contribution in [0, 0.1) is 0 Å². The van der Waals surface area contributed by atoms with E-state index in [-0.39, 0.29) is 11.7 Å². The van der Waals surface area contributed by atoms with Gasteiger partial charge in [0.15, 0.2) is 0 Å². The van der Waals surface area contributed by atoms with Crippen molar-refractivity contribution in [2.45, 2.75) is 44.4 Å². The van der Waals surface area contributed by atoms with Crippen LogP contribution in [-0.2, 0) is 22.4 Å². The van der Waals surface area contributed by atoms with Crippen molar-refractivity contribution in [2.75, 3.05) is 31.2 Å². The third kappa shape index (κ3) is 3.64. The fraction of sp³-hybridized carbons (Fsp3) is 0.647. The lowest BCUT2D eigenvalue weighted by atomic mass is 10.0. The number of ether oxygens (including phenoxy) is 2. The summed E-state index contributed by atoms with van der Waals surface area (Å²) >= 11 is 0. The average molecular weight is 344 g/mol. The van der Waals surface area contributed by atoms with Gasteiger partial charge in [-0.3, -0.25) is 4.68 Å². The summed E-state index contributed by atoms with van der Waals surface area (Å²) in [5.41, 5.74) is 0.851. The van der Waals surface area contributed by atoms with Crippen LogP contribution >= 0.6 is 0 Å². The number of aryl methyl sites for hydroxylation is 1. The maximum Gasteiger partial charge on any atom is 0.225 e. The van der Waals surface area contributed by atoms with Crippen LogP contribution in [0.3, 0.4) is 0 Å². The quantitative estimate of drug-likeness (QED) is 0.821. The molecule has 2 aliphatic rings. The topological polar surface area (TPSA) is 78.2 Å². The third-order valence-corrected chi connectivity index (χ3v) is 4.93. The molecule has 8 heteroatoms. The molecule has 2 atom stereocenters. The minimum atomic E-state index is -0.297. The van der Waals surface area contributed by atoms with E-state index in [9.17, 15) is 0 Å². The Balaban J connectivity index is 1.46. The molecule has 25 heavy (non-hydrogen) atoms. The van der Waals surface area contributed by atoms with Gasteiger partial charge >= 0.3 is 0 Å². The number of aromatic nitrogens is 5. The molecule has 2 aromatic heterocycles. The summed E-state index contributed by atoms with van der Waals surface area (Å²) in [6, 6.07) is 0. The normalized spacial score (nSPS) is 26.9. The molecule has 2 aliphatic heterocycles. The van der Waals surface area contributed by atoms with Gasteiger partial charge in [-0.1, -0.05) is 6.92 Å². The summed E-state index contributed by atoms with van der Waals surface area (Å²) in [7, 11) is 0. The molecule has 0 aromatic carbocycles. The van der Waals surface area contributed by atoms with Crippen molar-refractivity contribution in [1.29, 1.82) is 0 Å². The number of hydrogen-bond acceptors (Lipinski definition) is 7. The summed E-state index contributed by atoms with van der Waals surface area (Å²) in [5, 5.41) is 4.17. The summed E-state index contributed by atoms with van der Waals surface area (Å²) in [6.07, 6.45) is 10.1. The lowest BCUT2D eigenvalue weighted by Gasteiger charge is -2.32. The van der Waals surface area contributed by atoms with Gasteiger partial charge in [0.1, 0.15) is 18.3 Å². The Morgan fingerprint density at radius 2 is 2.20 bits per heavy atom. The van der Waals surface area contributed by atoms with Gasteiger partial charge < -0.3 is 14.4 Å². The molecule has 2 saturated heterocycles. The first-order chi connectivity index (χ1) is 12.3. The van der Waals surface area contributed by atoms with Crippen molar-refractivity contribution in [3.8, 4) is 0 Å². The van der Waals surface area contributed by atoms with E-state index >= 15 is 0 Å². The fourth-order valence-corrected chi connectivity index (χ4v) is 3.55. The Bertz CT molecular complexity index is 677. The Morgan fingerprint density at radius 3 is 2.96 bits per heavy atom. The number of anilines is 1. The lowest BCUT2D eigenvalue weighted by Crippen LogP contribution is -2.45. The average Bonchev–Trinajstić information content (AvgIpc) is 3.23. The van der Waals surface area contributed by atoms with Gasteiger partial charge in [-0.2, -0.15) is 5.10 Å². The van der Waals surface area contributed by atoms with Gasteiger partial charge in [-0.05, 0) is 24.8 Å². The van der Waals surface area contributed by atoms with Gasteiger partial charge in [0.05, 0.1) is 32.4 Å². The molecule has 0 radical (unpaired) electrons. The van der Waals surface area contributed by atoms with Crippen LogP contribution in [0.25, 0.3) is 0 Å². The molecule has 134 valence electrons. The number of rotatable bonds is 4. The summed E-state index contributed by atoms with van der Waals surface area (Å²) in [4.78, 5) is 15.2. The van der Waals surface area contributed by atoms with Crippen molar-refractivity contribution in [1.82, 2.24) is 24.7 Å². The van der Waals surface area contributed by atoms with E-state index in [2.05, 4.69) is 31.9 Å². The highest BCUT2D eigenvalue weighted by Gasteiger charge is 2.43. The van der Waals surface area contributed by atoms with E-state index in [1.54, 1.807) is 12.7 Å². The second-order valence-electron chi connectivity index (χ2n) is 6.80. The van der Waals surface area contributed by atoms with E-state index in [0.717, 1.165) is 50.4 Å². The van der Waals surface area contributed by atoms with Crippen molar-refractivity contribution in [3.63, 3.8) is 0 Å². The number of nitrogens with zero attached hydrogens (tertiary/aromatic N) is 6. The van der Waals surface area contributed by atoms with E-state index in [1.165, 1.54) is 0 Å². The molecule has 2 aromatic rings. The molecule has 0 unspecified atom stereocenters. The van der Waals surface area contributed by atoms with Crippen LogP contribution in [0.1, 0.15) is 25.3 Å². The smallest absolute Gasteiger partial charge is 0.225 e. The first-order valence-electron chi connectivity index (χ1n) is 8.90. The maximum atomic E-state index is 6.43. The standard InChI is InChI=1S/C17H24N6O2/c1-2-14-7-19-16(20-8-14)22-5-6-24-11-17(10-22)4-3-15(25-17)9-23-13-18-12-21-23/h7-8,12-13,15H,2-6,9-11H2,1H3/t15-,17-/m0/s1. The third-order valence-electron chi connectivity index (χ3n) is 4.93. The Labute approximate surface area is 147 Å². The zero-order valence-corrected chi connectivity index (χ0v) is 14.5. The molecular formula is C17H24N6O2. The van der Waals surface area contributed by atoms with E-state index < -0.39 is 0 Å². The maximum absolute atomic E-state index is 6.43. The van der Waals surface area contributed by atoms with Crippen LogP contribution in [-0.4, -0.2) is 62.7 Å². The van der Waals surface area contributed by atoms with Gasteiger partial charge in [0, 0.05) is 18.9 Å². The molecule has 2 fully saturated rings. The van der Waals surface area contributed by atoms with Crippen LogP contribution < -0.4 is 4.90 Å². The highest BCUT2D eigenvalue weighted by molar-refractivity contribution is 5.31.